The van der Waals surface area contributed by atoms with Crippen molar-refractivity contribution in [2.75, 3.05) is 24.3 Å². The number of hydrogen-bond acceptors (Lipinski definition) is 5. The van der Waals surface area contributed by atoms with E-state index in [1.165, 1.54) is 0 Å². The van der Waals surface area contributed by atoms with Gasteiger partial charge >= 0.3 is 0 Å². The second-order valence-corrected chi connectivity index (χ2v) is 4.96. The maximum absolute atomic E-state index is 6.23. The highest BCUT2D eigenvalue weighted by Crippen LogP contribution is 2.26. The second-order valence-electron chi connectivity index (χ2n) is 4.55. The molecule has 0 bridgehead atoms. The molecule has 2 N–H and O–H groups in total. The summed E-state index contributed by atoms with van der Waals surface area (Å²) in [5, 5.41) is 6.88. The lowest BCUT2D eigenvalue weighted by atomic mass is 10.2. The molecule has 1 heterocycles. The summed E-state index contributed by atoms with van der Waals surface area (Å²) < 4.78 is 5.36. The zero-order valence-electron chi connectivity index (χ0n) is 12.4. The maximum Gasteiger partial charge on any atom is 0.158 e. The van der Waals surface area contributed by atoms with Crippen LogP contribution in [0.5, 0.6) is 0 Å². The van der Waals surface area contributed by atoms with Crippen LogP contribution in [0.4, 0.5) is 17.3 Å². The fourth-order valence-electron chi connectivity index (χ4n) is 1.81. The molecule has 0 radical (unpaired) electrons. The minimum absolute atomic E-state index is 0.377. The van der Waals surface area contributed by atoms with Gasteiger partial charge in [-0.25, -0.2) is 9.97 Å². The number of anilines is 3. The van der Waals surface area contributed by atoms with Crippen LogP contribution in [0.1, 0.15) is 18.3 Å². The van der Waals surface area contributed by atoms with Crippen molar-refractivity contribution in [3.63, 3.8) is 0 Å². The van der Waals surface area contributed by atoms with E-state index < -0.39 is 0 Å². The van der Waals surface area contributed by atoms with E-state index in [1.54, 1.807) is 0 Å². The Balaban J connectivity index is 2.25. The average Bonchev–Trinajstić information content (AvgIpc) is 2.48. The highest BCUT2D eigenvalue weighted by Gasteiger charge is 2.06. The van der Waals surface area contributed by atoms with Crippen LogP contribution in [-0.4, -0.2) is 23.6 Å². The Morgan fingerprint density at radius 1 is 1.19 bits per heavy atom. The van der Waals surface area contributed by atoms with Gasteiger partial charge < -0.3 is 15.4 Å². The van der Waals surface area contributed by atoms with Crippen LogP contribution in [0.2, 0.25) is 5.02 Å². The number of nitrogens with zero attached hydrogens (tertiary/aromatic N) is 2. The first-order valence-electron chi connectivity index (χ1n) is 6.79. The van der Waals surface area contributed by atoms with Crippen LogP contribution in [0.3, 0.4) is 0 Å². The Morgan fingerprint density at radius 2 is 1.95 bits per heavy atom. The molecule has 0 saturated heterocycles. The number of ether oxygens (including phenoxy) is 1. The smallest absolute Gasteiger partial charge is 0.158 e. The van der Waals surface area contributed by atoms with Gasteiger partial charge in [0.15, 0.2) is 5.82 Å². The topological polar surface area (TPSA) is 59.1 Å². The van der Waals surface area contributed by atoms with Crippen LogP contribution in [0, 0.1) is 6.92 Å². The average molecular weight is 307 g/mol. The molecule has 0 aliphatic heterocycles. The van der Waals surface area contributed by atoms with Crippen LogP contribution >= 0.6 is 11.6 Å². The van der Waals surface area contributed by atoms with Gasteiger partial charge in [-0.2, -0.15) is 0 Å². The van der Waals surface area contributed by atoms with Gasteiger partial charge in [-0.05, 0) is 31.5 Å². The molecule has 0 aliphatic rings. The Hall–Kier alpha value is -1.85. The third-order valence-corrected chi connectivity index (χ3v) is 3.16. The predicted molar refractivity (Wildman–Crippen MR) is 86.4 cm³/mol. The lowest BCUT2D eigenvalue weighted by Crippen LogP contribution is -2.05. The zero-order valence-corrected chi connectivity index (χ0v) is 13.2. The lowest BCUT2D eigenvalue weighted by molar-refractivity contribution is 0.128. The molecule has 1 aromatic carbocycles. The zero-order chi connectivity index (χ0) is 15.2. The first-order chi connectivity index (χ1) is 10.1. The standard InChI is InChI=1S/C15H19ClN4O/c1-4-21-9-15-19-13(17-3)8-14(20-15)18-12-6-5-10(2)7-11(12)16/h5-8H,4,9H2,1-3H3,(H2,17,18,19,20). The van der Waals surface area contributed by atoms with Crippen LogP contribution in [0.25, 0.3) is 0 Å². The molecule has 2 rings (SSSR count). The van der Waals surface area contributed by atoms with Crippen molar-refractivity contribution in [3.05, 3.63) is 40.7 Å². The molecule has 21 heavy (non-hydrogen) atoms. The van der Waals surface area contributed by atoms with Crippen LogP contribution in [-0.2, 0) is 11.3 Å². The van der Waals surface area contributed by atoms with Crippen molar-refractivity contribution in [3.8, 4) is 0 Å². The van der Waals surface area contributed by atoms with Crippen molar-refractivity contribution in [1.82, 2.24) is 9.97 Å². The summed E-state index contributed by atoms with van der Waals surface area (Å²) in [6.45, 7) is 4.94. The summed E-state index contributed by atoms with van der Waals surface area (Å²) in [5.74, 6) is 2.02. The van der Waals surface area contributed by atoms with E-state index in [0.29, 0.717) is 29.9 Å². The van der Waals surface area contributed by atoms with Gasteiger partial charge in [0.05, 0.1) is 10.7 Å². The molecule has 112 valence electrons. The molecule has 1 aromatic heterocycles. The number of benzene rings is 1. The Morgan fingerprint density at radius 3 is 2.62 bits per heavy atom. The number of rotatable bonds is 6. The normalized spacial score (nSPS) is 10.5. The van der Waals surface area contributed by atoms with E-state index >= 15 is 0 Å². The van der Waals surface area contributed by atoms with Gasteiger partial charge in [0, 0.05) is 19.7 Å². The van der Waals surface area contributed by atoms with Gasteiger partial charge in [-0.3, -0.25) is 0 Å². The maximum atomic E-state index is 6.23. The van der Waals surface area contributed by atoms with Crippen molar-refractivity contribution >= 4 is 28.9 Å². The minimum Gasteiger partial charge on any atom is -0.374 e. The van der Waals surface area contributed by atoms with Gasteiger partial charge in [0.1, 0.15) is 18.2 Å². The van der Waals surface area contributed by atoms with Crippen LogP contribution < -0.4 is 10.6 Å². The fraction of sp³-hybridized carbons (Fsp3) is 0.333. The predicted octanol–water partition coefficient (Wildman–Crippen LogP) is 3.76. The van der Waals surface area contributed by atoms with Crippen molar-refractivity contribution in [2.24, 2.45) is 0 Å². The Labute approximate surface area is 129 Å². The van der Waals surface area contributed by atoms with E-state index in [2.05, 4.69) is 20.6 Å². The summed E-state index contributed by atoms with van der Waals surface area (Å²) in [4.78, 5) is 8.78. The van der Waals surface area contributed by atoms with E-state index in [0.717, 1.165) is 17.1 Å². The van der Waals surface area contributed by atoms with E-state index in [4.69, 9.17) is 16.3 Å². The molecule has 0 amide bonds. The van der Waals surface area contributed by atoms with Gasteiger partial charge in [-0.1, -0.05) is 17.7 Å². The second kappa shape index (κ2) is 7.24. The van der Waals surface area contributed by atoms with E-state index in [1.807, 2.05) is 45.2 Å². The van der Waals surface area contributed by atoms with Crippen molar-refractivity contribution in [2.45, 2.75) is 20.5 Å². The third-order valence-electron chi connectivity index (χ3n) is 2.85. The van der Waals surface area contributed by atoms with Gasteiger partial charge in [-0.15, -0.1) is 0 Å². The molecule has 0 spiro atoms. The summed E-state index contributed by atoms with van der Waals surface area (Å²) in [6, 6.07) is 7.66. The third kappa shape index (κ3) is 4.31. The van der Waals surface area contributed by atoms with E-state index in [-0.39, 0.29) is 0 Å². The Kier molecular flexibility index (Phi) is 5.36. The molecule has 0 aliphatic carbocycles. The molecule has 2 aromatic rings. The SMILES string of the molecule is CCOCc1nc(NC)cc(Nc2ccc(C)cc2Cl)n1. The van der Waals surface area contributed by atoms with Gasteiger partial charge in [0.25, 0.3) is 0 Å². The molecular formula is C15H19ClN4O. The number of aryl methyl sites for hydroxylation is 1. The summed E-state index contributed by atoms with van der Waals surface area (Å²) in [7, 11) is 1.81. The monoisotopic (exact) mass is 306 g/mol. The molecule has 0 saturated carbocycles. The molecule has 0 fully saturated rings. The first kappa shape index (κ1) is 15.5. The molecule has 0 unspecified atom stereocenters. The number of halogens is 1. The highest BCUT2D eigenvalue weighted by atomic mass is 35.5. The summed E-state index contributed by atoms with van der Waals surface area (Å²) in [6.07, 6.45) is 0. The molecule has 6 heteroatoms. The minimum atomic E-state index is 0.377. The highest BCUT2D eigenvalue weighted by molar-refractivity contribution is 6.33. The Bertz CT molecular complexity index is 619. The molecule has 5 nitrogen and oxygen atoms in total. The van der Waals surface area contributed by atoms with Crippen LogP contribution in [0.15, 0.2) is 24.3 Å². The van der Waals surface area contributed by atoms with Gasteiger partial charge in [0.2, 0.25) is 0 Å². The van der Waals surface area contributed by atoms with Crippen molar-refractivity contribution < 1.29 is 4.74 Å². The van der Waals surface area contributed by atoms with E-state index in [9.17, 15) is 0 Å². The van der Waals surface area contributed by atoms with Crippen molar-refractivity contribution in [1.29, 1.82) is 0 Å². The number of nitrogens with one attached hydrogen (secondary N) is 2. The summed E-state index contributed by atoms with van der Waals surface area (Å²) >= 11 is 6.23. The molecule has 0 atom stereocenters. The molecular weight excluding hydrogens is 288 g/mol. The lowest BCUT2D eigenvalue weighted by Gasteiger charge is -2.11. The number of aromatic nitrogens is 2. The first-order valence-corrected chi connectivity index (χ1v) is 7.16. The quantitative estimate of drug-likeness (QED) is 0.851. The number of hydrogen-bond donors (Lipinski definition) is 2. The fourth-order valence-corrected chi connectivity index (χ4v) is 2.09. The largest absolute Gasteiger partial charge is 0.374 e. The summed E-state index contributed by atoms with van der Waals surface area (Å²) in [5.41, 5.74) is 1.92.